The summed E-state index contributed by atoms with van der Waals surface area (Å²) in [5, 5.41) is 54.8. The number of phenolic OH excluding ortho intramolecular Hbond substituents is 1. The lowest BCUT2D eigenvalue weighted by molar-refractivity contribution is -0.153. The van der Waals surface area contributed by atoms with Gasteiger partial charge in [0, 0.05) is 37.8 Å². The zero-order chi connectivity index (χ0) is 34.4. The van der Waals surface area contributed by atoms with Gasteiger partial charge in [0.2, 0.25) is 5.78 Å². The van der Waals surface area contributed by atoms with Crippen LogP contribution >= 0.6 is 0 Å². The number of aromatic hydroxyl groups is 1. The summed E-state index contributed by atoms with van der Waals surface area (Å²) in [6.45, 7) is 4.61. The van der Waals surface area contributed by atoms with Gasteiger partial charge >= 0.3 is 0 Å². The molecule has 13 heteroatoms. The Kier molecular flexibility index (Phi) is 9.53. The van der Waals surface area contributed by atoms with Crippen LogP contribution in [0, 0.1) is 11.8 Å². The van der Waals surface area contributed by atoms with E-state index in [0.717, 1.165) is 5.56 Å². The lowest BCUT2D eigenvalue weighted by Crippen LogP contribution is -2.65. The van der Waals surface area contributed by atoms with Crippen molar-refractivity contribution in [2.45, 2.75) is 50.8 Å². The molecular weight excluding hydrogens is 599 g/mol. The van der Waals surface area contributed by atoms with E-state index in [1.54, 1.807) is 20.2 Å². The molecule has 0 bridgehead atoms. The largest absolute Gasteiger partial charge is 0.508 e. The first kappa shape index (κ1) is 34.4. The number of aliphatic hydroxyl groups is 3. The Bertz CT molecular complexity index is 1630. The minimum absolute atomic E-state index is 0.0335. The highest BCUT2D eigenvalue weighted by Gasteiger charge is 2.64. The van der Waals surface area contributed by atoms with Gasteiger partial charge < -0.3 is 36.4 Å². The molecule has 2 aromatic rings. The number of phenols is 1. The number of nitrogens with two attached hydrogens (primary N) is 1. The van der Waals surface area contributed by atoms with Gasteiger partial charge in [0.1, 0.15) is 22.8 Å². The summed E-state index contributed by atoms with van der Waals surface area (Å²) in [7, 11) is 6.81. The number of ketones is 2. The molecule has 12 nitrogen and oxygen atoms in total. The van der Waals surface area contributed by atoms with Crippen molar-refractivity contribution in [3.63, 3.8) is 0 Å². The number of anilines is 2. The first-order valence-electron chi connectivity index (χ1n) is 14.8. The summed E-state index contributed by atoms with van der Waals surface area (Å²) in [5.41, 5.74) is 5.58. The molecule has 8 N–H and O–H groups in total. The number of nitrogens with zero attached hydrogens (tertiary/aromatic N) is 2. The summed E-state index contributed by atoms with van der Waals surface area (Å²) in [6, 6.07) is 8.77. The monoisotopic (exact) mass is 640 g/mol. The number of benzene rings is 2. The van der Waals surface area contributed by atoms with Gasteiger partial charge in [-0.1, -0.05) is 42.6 Å². The Labute approximate surface area is 266 Å². The standard InChI is InChI=1S/C33H40N4O7.FHO/c1-15(2)17-9-7-16(8-10-17)14-35-21-13-22(36(3)4)19-11-18-12-20-26(37(5)6)29(40)25(32(34)43)31(42)33(20,44)30(41)23(18)28(39)24(19)27(21)38;1-2/h7-10,13,15,18,20,26,35,38-39,42,44H,11-12,14H2,1-6H3,(H2,34,43);2H/t18-,20-,26-,33-;/m0./s1. The van der Waals surface area contributed by atoms with Crippen molar-refractivity contribution in [1.82, 2.24) is 4.90 Å². The zero-order valence-electron chi connectivity index (χ0n) is 26.6. The van der Waals surface area contributed by atoms with Gasteiger partial charge in [0.15, 0.2) is 11.4 Å². The number of carbonyl (C=O) groups excluding carboxylic acids is 3. The normalized spacial score (nSPS) is 23.8. The van der Waals surface area contributed by atoms with Crippen LogP contribution in [0.25, 0.3) is 5.76 Å². The SMILES string of the molecule is CC(C)c1ccc(CNc2cc(N(C)C)c3c(c2O)C(O)=C2C(=O)[C@]4(O)C(O)=C(C(N)=O)C(=O)[C@@H](N(C)C)[C@@H]4C[C@@H]2C3)cc1.OF. The highest BCUT2D eigenvalue weighted by molar-refractivity contribution is 6.24. The number of amides is 1. The highest BCUT2D eigenvalue weighted by Crippen LogP contribution is 2.54. The first-order chi connectivity index (χ1) is 21.6. The van der Waals surface area contributed by atoms with E-state index < -0.39 is 58.0 Å². The average Bonchev–Trinajstić information content (AvgIpc) is 2.99. The fourth-order valence-electron chi connectivity index (χ4n) is 7.04. The maximum absolute atomic E-state index is 14.1. The fourth-order valence-corrected chi connectivity index (χ4v) is 7.04. The second-order valence-electron chi connectivity index (χ2n) is 12.8. The lowest BCUT2D eigenvalue weighted by atomic mass is 9.57. The Hall–Kier alpha value is -4.46. The molecule has 0 radical (unpaired) electrons. The van der Waals surface area contributed by atoms with Gasteiger partial charge in [0.05, 0.1) is 17.3 Å². The molecule has 0 aliphatic heterocycles. The zero-order valence-corrected chi connectivity index (χ0v) is 26.6. The van der Waals surface area contributed by atoms with Crippen molar-refractivity contribution in [3.05, 3.63) is 69.5 Å². The molecule has 3 aliphatic carbocycles. The smallest absolute Gasteiger partial charge is 0.255 e. The number of halogens is 1. The number of hydrogen-bond donors (Lipinski definition) is 7. The van der Waals surface area contributed by atoms with E-state index in [1.807, 2.05) is 31.1 Å². The van der Waals surface area contributed by atoms with Crippen LogP contribution in [0.3, 0.4) is 0 Å². The van der Waals surface area contributed by atoms with Gasteiger partial charge in [-0.05, 0) is 61.5 Å². The molecular formula is C33H41FN4O8. The van der Waals surface area contributed by atoms with Gasteiger partial charge in [-0.2, -0.15) is 0 Å². The summed E-state index contributed by atoms with van der Waals surface area (Å²) >= 11 is 0. The molecule has 0 spiro atoms. The van der Waals surface area contributed by atoms with Crippen molar-refractivity contribution in [2.24, 2.45) is 17.6 Å². The van der Waals surface area contributed by atoms with Crippen molar-refractivity contribution >= 4 is 34.6 Å². The topological polar surface area (TPSA) is 197 Å². The van der Waals surface area contributed by atoms with E-state index in [9.17, 15) is 34.8 Å². The first-order valence-corrected chi connectivity index (χ1v) is 14.8. The number of carbonyl (C=O) groups is 3. The maximum Gasteiger partial charge on any atom is 0.255 e. The second kappa shape index (κ2) is 12.7. The molecule has 4 atom stereocenters. The molecule has 46 heavy (non-hydrogen) atoms. The third-order valence-corrected chi connectivity index (χ3v) is 9.31. The quantitative estimate of drug-likeness (QED) is 0.174. The Morgan fingerprint density at radius 1 is 1.09 bits per heavy atom. The minimum Gasteiger partial charge on any atom is -0.508 e. The predicted molar refractivity (Wildman–Crippen MR) is 170 cm³/mol. The van der Waals surface area contributed by atoms with E-state index in [-0.39, 0.29) is 29.7 Å². The number of primary amides is 1. The fraction of sp³-hybridized carbons (Fsp3) is 0.424. The van der Waals surface area contributed by atoms with E-state index in [4.69, 9.17) is 15.6 Å². The summed E-state index contributed by atoms with van der Waals surface area (Å²) in [4.78, 5) is 43.0. The molecule has 0 unspecified atom stereocenters. The van der Waals surface area contributed by atoms with Crippen molar-refractivity contribution < 1.29 is 44.6 Å². The van der Waals surface area contributed by atoms with Crippen LogP contribution in [0.4, 0.5) is 15.9 Å². The second-order valence-corrected chi connectivity index (χ2v) is 12.8. The Balaban J connectivity index is 0.00000235. The number of nitrogens with one attached hydrogen (secondary N) is 1. The van der Waals surface area contributed by atoms with Crippen LogP contribution in [0.15, 0.2) is 47.2 Å². The number of rotatable bonds is 7. The minimum atomic E-state index is -2.68. The molecule has 3 aliphatic rings. The molecule has 2 aromatic carbocycles. The van der Waals surface area contributed by atoms with E-state index in [2.05, 4.69) is 31.3 Å². The Morgan fingerprint density at radius 2 is 1.70 bits per heavy atom. The maximum atomic E-state index is 14.1. The van der Waals surface area contributed by atoms with E-state index in [1.165, 1.54) is 10.5 Å². The molecule has 0 heterocycles. The van der Waals surface area contributed by atoms with Crippen molar-refractivity contribution in [2.75, 3.05) is 38.4 Å². The molecule has 0 saturated heterocycles. The van der Waals surface area contributed by atoms with Gasteiger partial charge in [-0.15, -0.1) is 0 Å². The highest BCUT2D eigenvalue weighted by atomic mass is 19.3. The number of aliphatic hydroxyl groups excluding tert-OH is 2. The van der Waals surface area contributed by atoms with Gasteiger partial charge in [0.25, 0.3) is 5.91 Å². The molecule has 5 rings (SSSR count). The third kappa shape index (κ3) is 5.37. The van der Waals surface area contributed by atoms with Crippen LogP contribution in [0.2, 0.25) is 0 Å². The van der Waals surface area contributed by atoms with Gasteiger partial charge in [-0.3, -0.25) is 19.3 Å². The Morgan fingerprint density at radius 3 is 2.22 bits per heavy atom. The van der Waals surface area contributed by atoms with Crippen LogP contribution in [-0.4, -0.2) is 87.9 Å². The van der Waals surface area contributed by atoms with Crippen LogP contribution in [0.5, 0.6) is 5.75 Å². The summed E-state index contributed by atoms with van der Waals surface area (Å²) < 4.78 is 8.50. The summed E-state index contributed by atoms with van der Waals surface area (Å²) in [5.74, 6) is -6.35. The molecule has 0 aromatic heterocycles. The summed E-state index contributed by atoms with van der Waals surface area (Å²) in [6.07, 6.45) is 0.248. The van der Waals surface area contributed by atoms with E-state index in [0.29, 0.717) is 29.4 Å². The molecule has 248 valence electrons. The molecule has 1 saturated carbocycles. The van der Waals surface area contributed by atoms with E-state index >= 15 is 0 Å². The van der Waals surface area contributed by atoms with Crippen molar-refractivity contribution in [1.29, 1.82) is 0 Å². The molecule has 1 amide bonds. The number of Topliss-reactive ketones (excluding diaryl/α,β-unsaturated/α-hetero) is 2. The van der Waals surface area contributed by atoms with Crippen molar-refractivity contribution in [3.8, 4) is 5.75 Å². The average molecular weight is 641 g/mol. The predicted octanol–water partition coefficient (Wildman–Crippen LogP) is 2.63. The van der Waals surface area contributed by atoms with Gasteiger partial charge in [-0.25, -0.2) is 5.31 Å². The number of hydrogen-bond acceptors (Lipinski definition) is 11. The third-order valence-electron chi connectivity index (χ3n) is 9.31. The van der Waals surface area contributed by atoms with Crippen LogP contribution in [-0.2, 0) is 27.3 Å². The number of likely N-dealkylation sites (N-methyl/N-ethyl adjacent to an activating group) is 1. The van der Waals surface area contributed by atoms with Crippen LogP contribution < -0.4 is 16.0 Å². The number of fused-ring (bicyclic) bond motifs is 3. The lowest BCUT2D eigenvalue weighted by Gasteiger charge is -2.50. The van der Waals surface area contributed by atoms with Crippen LogP contribution in [0.1, 0.15) is 48.4 Å². The molecule has 1 fully saturated rings.